The number of anilines is 2. The van der Waals surface area contributed by atoms with Crippen molar-refractivity contribution in [3.05, 3.63) is 95.3 Å². The molecule has 0 radical (unpaired) electrons. The minimum atomic E-state index is 0.443. The Bertz CT molecular complexity index is 1020. The summed E-state index contributed by atoms with van der Waals surface area (Å²) in [5, 5.41) is 11.1. The number of hydrogen-bond donors (Lipinski definition) is 2. The normalized spacial score (nSPS) is 10.7. The summed E-state index contributed by atoms with van der Waals surface area (Å²) in [6, 6.07) is 26.2. The number of benzene rings is 2. The maximum Gasteiger partial charge on any atom is 0.153 e. The van der Waals surface area contributed by atoms with Crippen LogP contribution in [0.4, 0.5) is 11.6 Å². The van der Waals surface area contributed by atoms with Crippen LogP contribution >= 0.6 is 23.4 Å². The van der Waals surface area contributed by atoms with E-state index in [4.69, 9.17) is 11.6 Å². The van der Waals surface area contributed by atoms with Crippen molar-refractivity contribution in [1.82, 2.24) is 15.2 Å². The molecule has 0 fully saturated rings. The van der Waals surface area contributed by atoms with Gasteiger partial charge in [0.15, 0.2) is 5.82 Å². The summed E-state index contributed by atoms with van der Waals surface area (Å²) < 4.78 is 0. The molecule has 0 aliphatic carbocycles. The molecule has 27 heavy (non-hydrogen) atoms. The van der Waals surface area contributed by atoms with Crippen LogP contribution in [0.25, 0.3) is 0 Å². The third-order valence-electron chi connectivity index (χ3n) is 3.87. The van der Waals surface area contributed by atoms with Gasteiger partial charge in [0.1, 0.15) is 11.0 Å². The average molecular weight is 393 g/mol. The lowest BCUT2D eigenvalue weighted by atomic mass is 10.1. The molecule has 0 spiro atoms. The van der Waals surface area contributed by atoms with Crippen molar-refractivity contribution in [1.29, 1.82) is 0 Å². The summed E-state index contributed by atoms with van der Waals surface area (Å²) in [5.74, 6) is 1.38. The molecule has 0 saturated carbocycles. The van der Waals surface area contributed by atoms with Crippen LogP contribution in [0.5, 0.6) is 0 Å². The summed E-state index contributed by atoms with van der Waals surface area (Å²) in [5.41, 5.74) is 2.26. The van der Waals surface area contributed by atoms with Crippen molar-refractivity contribution < 1.29 is 0 Å². The number of nitrogens with zero attached hydrogens (tertiary/aromatic N) is 2. The number of H-pyrrole nitrogens is 1. The van der Waals surface area contributed by atoms with Crippen LogP contribution in [0, 0.1) is 0 Å². The van der Waals surface area contributed by atoms with Gasteiger partial charge in [0, 0.05) is 28.0 Å². The molecule has 4 aromatic rings. The van der Waals surface area contributed by atoms with Crippen LogP contribution in [-0.4, -0.2) is 15.2 Å². The fourth-order valence-corrected chi connectivity index (χ4v) is 3.86. The molecular weight excluding hydrogens is 376 g/mol. The van der Waals surface area contributed by atoms with Gasteiger partial charge < -0.3 is 5.32 Å². The fourth-order valence-electron chi connectivity index (χ4n) is 2.68. The monoisotopic (exact) mass is 392 g/mol. The molecule has 2 N–H and O–H groups in total. The van der Waals surface area contributed by atoms with Crippen LogP contribution in [0.15, 0.2) is 88.7 Å². The second-order valence-corrected chi connectivity index (χ2v) is 7.53. The minimum absolute atomic E-state index is 0.443. The van der Waals surface area contributed by atoms with Crippen LogP contribution in [-0.2, 0) is 6.42 Å². The highest BCUT2D eigenvalue weighted by molar-refractivity contribution is 7.99. The van der Waals surface area contributed by atoms with E-state index in [0.29, 0.717) is 16.8 Å². The predicted octanol–water partition coefficient (Wildman–Crippen LogP) is 5.94. The second-order valence-electron chi connectivity index (χ2n) is 5.99. The number of aromatic nitrogens is 3. The molecule has 0 unspecified atom stereocenters. The van der Waals surface area contributed by atoms with E-state index in [-0.39, 0.29) is 0 Å². The van der Waals surface area contributed by atoms with Gasteiger partial charge in [-0.25, -0.2) is 4.98 Å². The molecule has 0 aliphatic heterocycles. The van der Waals surface area contributed by atoms with Gasteiger partial charge in [-0.15, -0.1) is 0 Å². The minimum Gasteiger partial charge on any atom is -0.323 e. The SMILES string of the molecule is Clc1cc(Sc2ccccc2)cc(Nc2cc(Cc3ccccc3)[nH]n2)n1. The number of aromatic amines is 1. The first-order valence-corrected chi connectivity index (χ1v) is 9.70. The third-order valence-corrected chi connectivity index (χ3v) is 5.04. The number of hydrogen-bond acceptors (Lipinski definition) is 4. The van der Waals surface area contributed by atoms with Crippen molar-refractivity contribution in [2.45, 2.75) is 16.2 Å². The Hall–Kier alpha value is -2.76. The van der Waals surface area contributed by atoms with Crippen LogP contribution < -0.4 is 5.32 Å². The summed E-state index contributed by atoms with van der Waals surface area (Å²) >= 11 is 7.84. The van der Waals surface area contributed by atoms with Crippen molar-refractivity contribution in [3.8, 4) is 0 Å². The smallest absolute Gasteiger partial charge is 0.153 e. The van der Waals surface area contributed by atoms with Gasteiger partial charge >= 0.3 is 0 Å². The zero-order chi connectivity index (χ0) is 18.5. The Balaban J connectivity index is 1.48. The lowest BCUT2D eigenvalue weighted by Crippen LogP contribution is -1.94. The van der Waals surface area contributed by atoms with E-state index in [0.717, 1.165) is 21.9 Å². The third kappa shape index (κ3) is 4.90. The summed E-state index contributed by atoms with van der Waals surface area (Å²) in [4.78, 5) is 6.52. The zero-order valence-corrected chi connectivity index (χ0v) is 16.0. The summed E-state index contributed by atoms with van der Waals surface area (Å²) in [6.07, 6.45) is 0.799. The summed E-state index contributed by atoms with van der Waals surface area (Å²) in [6.45, 7) is 0. The number of pyridine rings is 1. The van der Waals surface area contributed by atoms with Crippen molar-refractivity contribution in [2.75, 3.05) is 5.32 Å². The maximum atomic E-state index is 6.20. The van der Waals surface area contributed by atoms with Gasteiger partial charge in [-0.1, -0.05) is 71.9 Å². The van der Waals surface area contributed by atoms with E-state index in [2.05, 4.69) is 44.8 Å². The highest BCUT2D eigenvalue weighted by Crippen LogP contribution is 2.31. The molecule has 2 aromatic carbocycles. The highest BCUT2D eigenvalue weighted by Gasteiger charge is 2.07. The Morgan fingerprint density at radius 1 is 0.852 bits per heavy atom. The van der Waals surface area contributed by atoms with Crippen LogP contribution in [0.3, 0.4) is 0 Å². The highest BCUT2D eigenvalue weighted by atomic mass is 35.5. The van der Waals surface area contributed by atoms with Gasteiger partial charge in [-0.2, -0.15) is 5.10 Å². The van der Waals surface area contributed by atoms with E-state index >= 15 is 0 Å². The molecule has 0 bridgehead atoms. The van der Waals surface area contributed by atoms with Crippen LogP contribution in [0.1, 0.15) is 11.3 Å². The van der Waals surface area contributed by atoms with Crippen molar-refractivity contribution in [2.24, 2.45) is 0 Å². The maximum absolute atomic E-state index is 6.20. The van der Waals surface area contributed by atoms with Crippen molar-refractivity contribution >= 4 is 35.0 Å². The molecule has 4 rings (SSSR count). The largest absolute Gasteiger partial charge is 0.323 e. The zero-order valence-electron chi connectivity index (χ0n) is 14.4. The van der Waals surface area contributed by atoms with E-state index in [9.17, 15) is 0 Å². The molecule has 134 valence electrons. The summed E-state index contributed by atoms with van der Waals surface area (Å²) in [7, 11) is 0. The lowest BCUT2D eigenvalue weighted by molar-refractivity contribution is 0.997. The number of nitrogens with one attached hydrogen (secondary N) is 2. The first kappa shape index (κ1) is 17.6. The number of halogens is 1. The molecule has 0 saturated heterocycles. The van der Waals surface area contributed by atoms with Gasteiger partial charge in [0.25, 0.3) is 0 Å². The van der Waals surface area contributed by atoms with Crippen molar-refractivity contribution in [3.63, 3.8) is 0 Å². The second kappa shape index (κ2) is 8.29. The molecule has 2 heterocycles. The molecule has 0 atom stereocenters. The first-order valence-electron chi connectivity index (χ1n) is 8.50. The van der Waals surface area contributed by atoms with Gasteiger partial charge in [0.2, 0.25) is 0 Å². The molecule has 0 amide bonds. The van der Waals surface area contributed by atoms with Gasteiger partial charge in [0.05, 0.1) is 0 Å². The average Bonchev–Trinajstić information content (AvgIpc) is 3.09. The molecule has 2 aromatic heterocycles. The van der Waals surface area contributed by atoms with E-state index < -0.39 is 0 Å². The molecule has 4 nitrogen and oxygen atoms in total. The van der Waals surface area contributed by atoms with Gasteiger partial charge in [-0.3, -0.25) is 5.10 Å². The number of rotatable bonds is 6. The van der Waals surface area contributed by atoms with Crippen LogP contribution in [0.2, 0.25) is 5.15 Å². The quantitative estimate of drug-likeness (QED) is 0.398. The molecular formula is C21H17ClN4S. The Labute approximate surface area is 167 Å². The van der Waals surface area contributed by atoms with E-state index in [1.807, 2.05) is 54.6 Å². The topological polar surface area (TPSA) is 53.6 Å². The Morgan fingerprint density at radius 2 is 1.59 bits per heavy atom. The van der Waals surface area contributed by atoms with Gasteiger partial charge in [-0.05, 0) is 29.8 Å². The predicted molar refractivity (Wildman–Crippen MR) is 111 cm³/mol. The molecule has 0 aliphatic rings. The van der Waals surface area contributed by atoms with E-state index in [1.54, 1.807) is 11.8 Å². The lowest BCUT2D eigenvalue weighted by Gasteiger charge is -2.06. The Morgan fingerprint density at radius 3 is 2.37 bits per heavy atom. The first-order chi connectivity index (χ1) is 13.2. The standard InChI is InChI=1S/C21H17ClN4S/c22-19-13-18(27-17-9-5-2-6-10-17)14-20(23-19)24-21-12-16(25-26-21)11-15-7-3-1-4-8-15/h1-10,12-14H,11H2,(H2,23,24,25,26). The fraction of sp³-hybridized carbons (Fsp3) is 0.0476. The molecule has 6 heteroatoms. The van der Waals surface area contributed by atoms with E-state index in [1.165, 1.54) is 5.56 Å². The Kier molecular flexibility index (Phi) is 5.42.